The normalized spacial score (nSPS) is 24.6. The van der Waals surface area contributed by atoms with Crippen molar-refractivity contribution in [2.24, 2.45) is 0 Å². The molecule has 5 nitrogen and oxygen atoms in total. The van der Waals surface area contributed by atoms with Gasteiger partial charge < -0.3 is 10.2 Å². The SMILES string of the molecule is O=C1CCCC[C@H]2[C@@H](C[C@@H](c3cccc(C(F)(F)F)c3)N2C(=O)c2ccccn2)N1. The van der Waals surface area contributed by atoms with Crippen LogP contribution in [-0.2, 0) is 11.0 Å². The van der Waals surface area contributed by atoms with E-state index < -0.39 is 17.8 Å². The number of amides is 2. The quantitative estimate of drug-likeness (QED) is 0.800. The number of benzene rings is 1. The van der Waals surface area contributed by atoms with Gasteiger partial charge in [0, 0.05) is 12.6 Å². The van der Waals surface area contributed by atoms with E-state index in [1.54, 1.807) is 29.2 Å². The number of hydrogen-bond donors (Lipinski definition) is 1. The van der Waals surface area contributed by atoms with Gasteiger partial charge in [-0.1, -0.05) is 24.6 Å². The standard InChI is InChI=1S/C22H22F3N3O2/c23-22(24,25)15-7-5-6-14(12-15)19-13-17-18(9-1-2-10-20(29)27-17)28(19)21(30)16-8-3-4-11-26-16/h3-8,11-12,17-19H,1-2,9-10,13H2,(H,27,29)/t17-,18+,19+/m1/s1. The average molecular weight is 417 g/mol. The fourth-order valence-electron chi connectivity index (χ4n) is 4.48. The van der Waals surface area contributed by atoms with Crippen LogP contribution >= 0.6 is 0 Å². The molecule has 4 rings (SSSR count). The predicted molar refractivity (Wildman–Crippen MR) is 103 cm³/mol. The molecule has 1 aromatic heterocycles. The first kappa shape index (κ1) is 20.4. The minimum Gasteiger partial charge on any atom is -0.351 e. The summed E-state index contributed by atoms with van der Waals surface area (Å²) in [5, 5.41) is 2.99. The van der Waals surface area contributed by atoms with E-state index in [1.807, 2.05) is 0 Å². The topological polar surface area (TPSA) is 62.3 Å². The lowest BCUT2D eigenvalue weighted by Crippen LogP contribution is -2.48. The Bertz CT molecular complexity index is 933. The van der Waals surface area contributed by atoms with Gasteiger partial charge in [0.2, 0.25) is 5.91 Å². The van der Waals surface area contributed by atoms with Crippen LogP contribution in [0.25, 0.3) is 0 Å². The largest absolute Gasteiger partial charge is 0.416 e. The highest BCUT2D eigenvalue weighted by molar-refractivity contribution is 5.93. The molecule has 2 saturated heterocycles. The van der Waals surface area contributed by atoms with Crippen LogP contribution in [0.5, 0.6) is 0 Å². The minimum absolute atomic E-state index is 0.0837. The Morgan fingerprint density at radius 3 is 2.70 bits per heavy atom. The maximum absolute atomic E-state index is 13.4. The lowest BCUT2D eigenvalue weighted by atomic mass is 9.97. The predicted octanol–water partition coefficient (Wildman–Crippen LogP) is 4.12. The van der Waals surface area contributed by atoms with Crippen molar-refractivity contribution in [3.8, 4) is 0 Å². The van der Waals surface area contributed by atoms with E-state index in [9.17, 15) is 22.8 Å². The van der Waals surface area contributed by atoms with Crippen LogP contribution in [0.15, 0.2) is 48.7 Å². The number of pyridine rings is 1. The summed E-state index contributed by atoms with van der Waals surface area (Å²) in [5.41, 5.74) is -0.0998. The molecular formula is C22H22F3N3O2. The van der Waals surface area contributed by atoms with Crippen LogP contribution in [-0.4, -0.2) is 33.8 Å². The Morgan fingerprint density at radius 1 is 1.13 bits per heavy atom. The number of nitrogens with one attached hydrogen (secondary N) is 1. The second-order valence-electron chi connectivity index (χ2n) is 7.79. The van der Waals surface area contributed by atoms with Crippen molar-refractivity contribution in [1.82, 2.24) is 15.2 Å². The second-order valence-corrected chi connectivity index (χ2v) is 7.79. The molecule has 0 unspecified atom stereocenters. The number of rotatable bonds is 2. The number of carbonyl (C=O) groups is 2. The van der Waals surface area contributed by atoms with E-state index in [0.717, 1.165) is 25.0 Å². The molecule has 8 heteroatoms. The third-order valence-electron chi connectivity index (χ3n) is 5.85. The van der Waals surface area contributed by atoms with Crippen molar-refractivity contribution < 1.29 is 22.8 Å². The average Bonchev–Trinajstić information content (AvgIpc) is 3.06. The van der Waals surface area contributed by atoms with E-state index in [2.05, 4.69) is 10.3 Å². The van der Waals surface area contributed by atoms with Crippen molar-refractivity contribution in [3.63, 3.8) is 0 Å². The first-order valence-electron chi connectivity index (χ1n) is 10.0. The molecule has 0 bridgehead atoms. The molecule has 3 atom stereocenters. The monoisotopic (exact) mass is 417 g/mol. The first-order valence-corrected chi connectivity index (χ1v) is 10.0. The first-order chi connectivity index (χ1) is 14.3. The number of alkyl halides is 3. The Morgan fingerprint density at radius 2 is 1.97 bits per heavy atom. The third kappa shape index (κ3) is 4.04. The van der Waals surface area contributed by atoms with Gasteiger partial charge in [0.1, 0.15) is 5.69 Å². The summed E-state index contributed by atoms with van der Waals surface area (Å²) in [4.78, 5) is 31.3. The molecule has 0 saturated carbocycles. The van der Waals surface area contributed by atoms with Crippen LogP contribution < -0.4 is 5.32 Å². The maximum Gasteiger partial charge on any atom is 0.416 e. The summed E-state index contributed by atoms with van der Waals surface area (Å²) in [6, 6.07) is 8.93. The fourth-order valence-corrected chi connectivity index (χ4v) is 4.48. The highest BCUT2D eigenvalue weighted by Crippen LogP contribution is 2.41. The van der Waals surface area contributed by atoms with Gasteiger partial charge in [0.15, 0.2) is 0 Å². The minimum atomic E-state index is -4.47. The summed E-state index contributed by atoms with van der Waals surface area (Å²) in [6.07, 6.45) is 0.00600. The van der Waals surface area contributed by atoms with Gasteiger partial charge in [-0.3, -0.25) is 14.6 Å². The molecule has 2 aromatic rings. The molecule has 0 aliphatic carbocycles. The van der Waals surface area contributed by atoms with Crippen molar-refractivity contribution >= 4 is 11.8 Å². The van der Waals surface area contributed by atoms with Gasteiger partial charge in [0.05, 0.1) is 23.7 Å². The summed E-state index contributed by atoms with van der Waals surface area (Å²) in [5.74, 6) is -0.417. The second kappa shape index (κ2) is 8.08. The zero-order chi connectivity index (χ0) is 21.3. The molecule has 2 aliphatic heterocycles. The van der Waals surface area contributed by atoms with Crippen molar-refractivity contribution in [1.29, 1.82) is 0 Å². The molecule has 1 N–H and O–H groups in total. The van der Waals surface area contributed by atoms with E-state index in [4.69, 9.17) is 0 Å². The van der Waals surface area contributed by atoms with Crippen LogP contribution in [0.4, 0.5) is 13.2 Å². The number of fused-ring (bicyclic) bond motifs is 1. The Hall–Kier alpha value is -2.90. The van der Waals surface area contributed by atoms with Crippen LogP contribution in [0.3, 0.4) is 0 Å². The third-order valence-corrected chi connectivity index (χ3v) is 5.85. The lowest BCUT2D eigenvalue weighted by molar-refractivity contribution is -0.137. The van der Waals surface area contributed by atoms with Gasteiger partial charge in [-0.25, -0.2) is 0 Å². The molecule has 0 spiro atoms. The smallest absolute Gasteiger partial charge is 0.351 e. The number of aromatic nitrogens is 1. The summed E-state index contributed by atoms with van der Waals surface area (Å²) < 4.78 is 39.8. The fraction of sp³-hybridized carbons (Fsp3) is 0.409. The van der Waals surface area contributed by atoms with Gasteiger partial charge in [-0.05, 0) is 49.1 Å². The molecular weight excluding hydrogens is 395 g/mol. The van der Waals surface area contributed by atoms with Crippen molar-refractivity contribution in [3.05, 3.63) is 65.5 Å². The van der Waals surface area contributed by atoms with Gasteiger partial charge in [0.25, 0.3) is 5.91 Å². The van der Waals surface area contributed by atoms with Crippen molar-refractivity contribution in [2.75, 3.05) is 0 Å². The molecule has 158 valence electrons. The molecule has 1 aromatic carbocycles. The van der Waals surface area contributed by atoms with E-state index >= 15 is 0 Å². The van der Waals surface area contributed by atoms with E-state index in [1.165, 1.54) is 12.3 Å². The zero-order valence-electron chi connectivity index (χ0n) is 16.2. The maximum atomic E-state index is 13.4. The van der Waals surface area contributed by atoms with Crippen LogP contribution in [0, 0.1) is 0 Å². The molecule has 0 radical (unpaired) electrons. The summed E-state index contributed by atoms with van der Waals surface area (Å²) >= 11 is 0. The number of likely N-dealkylation sites (tertiary alicyclic amines) is 1. The highest BCUT2D eigenvalue weighted by Gasteiger charge is 2.46. The van der Waals surface area contributed by atoms with Gasteiger partial charge >= 0.3 is 6.18 Å². The molecule has 2 amide bonds. The highest BCUT2D eigenvalue weighted by atomic mass is 19.4. The number of hydrogen-bond acceptors (Lipinski definition) is 3. The summed E-state index contributed by atoms with van der Waals surface area (Å²) in [6.45, 7) is 0. The molecule has 3 heterocycles. The zero-order valence-corrected chi connectivity index (χ0v) is 16.2. The number of halogens is 3. The van der Waals surface area contributed by atoms with Gasteiger partial charge in [-0.2, -0.15) is 13.2 Å². The van der Waals surface area contributed by atoms with Gasteiger partial charge in [-0.15, -0.1) is 0 Å². The Kier molecular flexibility index (Phi) is 5.49. The van der Waals surface area contributed by atoms with E-state index in [0.29, 0.717) is 24.8 Å². The molecule has 2 aliphatic rings. The summed E-state index contributed by atoms with van der Waals surface area (Å²) in [7, 11) is 0. The van der Waals surface area contributed by atoms with Crippen LogP contribution in [0.2, 0.25) is 0 Å². The number of nitrogens with zero attached hydrogens (tertiary/aromatic N) is 2. The van der Waals surface area contributed by atoms with Crippen LogP contribution in [0.1, 0.15) is 59.8 Å². The molecule has 30 heavy (non-hydrogen) atoms. The Balaban J connectivity index is 1.75. The lowest BCUT2D eigenvalue weighted by Gasteiger charge is -2.33. The van der Waals surface area contributed by atoms with E-state index in [-0.39, 0.29) is 29.6 Å². The Labute approximate surface area is 172 Å². The van der Waals surface area contributed by atoms with Crippen molar-refractivity contribution in [2.45, 2.75) is 56.4 Å². The molecule has 2 fully saturated rings. The number of carbonyl (C=O) groups excluding carboxylic acids is 2.